The summed E-state index contributed by atoms with van der Waals surface area (Å²) in [7, 11) is -3.51. The Bertz CT molecular complexity index is 402. The van der Waals surface area contributed by atoms with Gasteiger partial charge in [0.05, 0.1) is 17.9 Å². The second kappa shape index (κ2) is 5.42. The highest BCUT2D eigenvalue weighted by Gasteiger charge is 2.24. The quantitative estimate of drug-likeness (QED) is 0.667. The molecule has 0 aliphatic rings. The number of aromatic amines is 1. The van der Waals surface area contributed by atoms with Gasteiger partial charge >= 0.3 is 0 Å². The molecule has 7 heteroatoms. The lowest BCUT2D eigenvalue weighted by atomic mass is 10.2. The molecule has 0 saturated heterocycles. The van der Waals surface area contributed by atoms with Crippen molar-refractivity contribution in [3.8, 4) is 0 Å². The predicted octanol–water partition coefficient (Wildman–Crippen LogP) is 0.161. The minimum absolute atomic E-state index is 0.381. The topological polar surface area (TPSA) is 95.1 Å². The van der Waals surface area contributed by atoms with E-state index in [0.29, 0.717) is 12.2 Å². The lowest BCUT2D eigenvalue weighted by Gasteiger charge is -2.17. The summed E-state index contributed by atoms with van der Waals surface area (Å²) < 4.78 is 25.9. The summed E-state index contributed by atoms with van der Waals surface area (Å²) in [4.78, 5) is 6.88. The van der Waals surface area contributed by atoms with Gasteiger partial charge in [-0.3, -0.25) is 0 Å². The third-order valence-corrected chi connectivity index (χ3v) is 4.17. The van der Waals surface area contributed by atoms with Gasteiger partial charge in [0.1, 0.15) is 5.82 Å². The Labute approximate surface area is 95.2 Å². The van der Waals surface area contributed by atoms with Gasteiger partial charge in [0.15, 0.2) is 0 Å². The Morgan fingerprint density at radius 1 is 1.62 bits per heavy atom. The van der Waals surface area contributed by atoms with Gasteiger partial charge < -0.3 is 10.1 Å². The molecule has 0 fully saturated rings. The molecule has 1 aromatic rings. The van der Waals surface area contributed by atoms with E-state index in [4.69, 9.17) is 5.11 Å². The van der Waals surface area contributed by atoms with E-state index in [1.165, 1.54) is 6.92 Å². The highest BCUT2D eigenvalue weighted by Crippen LogP contribution is 2.14. The Balaban J connectivity index is 2.79. The molecule has 0 spiro atoms. The van der Waals surface area contributed by atoms with Crippen LogP contribution in [-0.4, -0.2) is 35.3 Å². The molecule has 0 aliphatic carbocycles. The Morgan fingerprint density at radius 2 is 2.31 bits per heavy atom. The second-order valence-electron chi connectivity index (χ2n) is 3.59. The van der Waals surface area contributed by atoms with Crippen molar-refractivity contribution in [2.75, 3.05) is 6.61 Å². The Morgan fingerprint density at radius 3 is 2.75 bits per heavy atom. The highest BCUT2D eigenvalue weighted by molar-refractivity contribution is 7.90. The van der Waals surface area contributed by atoms with Crippen molar-refractivity contribution in [1.29, 1.82) is 0 Å². The van der Waals surface area contributed by atoms with Crippen LogP contribution >= 0.6 is 0 Å². The van der Waals surface area contributed by atoms with Gasteiger partial charge in [-0.15, -0.1) is 0 Å². The highest BCUT2D eigenvalue weighted by atomic mass is 32.2. The maximum atomic E-state index is 11.7. The summed E-state index contributed by atoms with van der Waals surface area (Å²) in [6, 6.07) is -0.381. The van der Waals surface area contributed by atoms with Gasteiger partial charge in [-0.25, -0.2) is 18.1 Å². The molecule has 1 heterocycles. The van der Waals surface area contributed by atoms with E-state index in [1.807, 2.05) is 6.92 Å². The number of aromatic nitrogens is 2. The second-order valence-corrected chi connectivity index (χ2v) is 5.72. The molecule has 3 N–H and O–H groups in total. The number of aliphatic hydroxyl groups is 1. The van der Waals surface area contributed by atoms with Crippen LogP contribution in [-0.2, 0) is 10.0 Å². The molecule has 0 aromatic carbocycles. The molecule has 2 atom stereocenters. The van der Waals surface area contributed by atoms with E-state index < -0.39 is 21.9 Å². The largest absolute Gasteiger partial charge is 0.395 e. The number of nitrogens with zero attached hydrogens (tertiary/aromatic N) is 1. The SMILES string of the molecule is CCC(NS(=O)(=O)C(C)CO)c1ncc[nH]1. The number of hydrogen-bond acceptors (Lipinski definition) is 4. The van der Waals surface area contributed by atoms with Crippen LogP contribution in [0, 0.1) is 0 Å². The smallest absolute Gasteiger partial charge is 0.217 e. The maximum absolute atomic E-state index is 11.7. The Kier molecular flexibility index (Phi) is 4.45. The Hall–Kier alpha value is -0.920. The lowest BCUT2D eigenvalue weighted by Crippen LogP contribution is -2.37. The van der Waals surface area contributed by atoms with Crippen LogP contribution < -0.4 is 4.72 Å². The predicted molar refractivity (Wildman–Crippen MR) is 60.2 cm³/mol. The molecule has 0 aliphatic heterocycles. The van der Waals surface area contributed by atoms with Crippen LogP contribution in [0.4, 0.5) is 0 Å². The van der Waals surface area contributed by atoms with Crippen LogP contribution in [0.1, 0.15) is 32.1 Å². The average molecular weight is 247 g/mol. The number of imidazole rings is 1. The number of hydrogen-bond donors (Lipinski definition) is 3. The molecule has 0 saturated carbocycles. The minimum atomic E-state index is -3.51. The molecule has 0 amide bonds. The van der Waals surface area contributed by atoms with Crippen LogP contribution in [0.25, 0.3) is 0 Å². The van der Waals surface area contributed by atoms with E-state index in [0.717, 1.165) is 0 Å². The van der Waals surface area contributed by atoms with Crippen molar-refractivity contribution < 1.29 is 13.5 Å². The summed E-state index contributed by atoms with van der Waals surface area (Å²) in [6.07, 6.45) is 3.80. The molecule has 16 heavy (non-hydrogen) atoms. The van der Waals surface area contributed by atoms with Crippen LogP contribution in [0.15, 0.2) is 12.4 Å². The van der Waals surface area contributed by atoms with Crippen molar-refractivity contribution >= 4 is 10.0 Å². The molecule has 6 nitrogen and oxygen atoms in total. The first kappa shape index (κ1) is 13.1. The van der Waals surface area contributed by atoms with Crippen molar-refractivity contribution in [1.82, 2.24) is 14.7 Å². The molecular weight excluding hydrogens is 230 g/mol. The number of aliphatic hydroxyl groups excluding tert-OH is 1. The normalized spacial score (nSPS) is 15.9. The fraction of sp³-hybridized carbons (Fsp3) is 0.667. The first-order valence-electron chi connectivity index (χ1n) is 5.12. The van der Waals surface area contributed by atoms with E-state index in [-0.39, 0.29) is 6.04 Å². The zero-order valence-electron chi connectivity index (χ0n) is 9.34. The number of H-pyrrole nitrogens is 1. The molecule has 1 rings (SSSR count). The lowest BCUT2D eigenvalue weighted by molar-refractivity contribution is 0.294. The van der Waals surface area contributed by atoms with Crippen LogP contribution in [0.3, 0.4) is 0 Å². The fourth-order valence-electron chi connectivity index (χ4n) is 1.21. The first-order valence-corrected chi connectivity index (χ1v) is 6.67. The zero-order valence-corrected chi connectivity index (χ0v) is 10.2. The van der Waals surface area contributed by atoms with E-state index in [9.17, 15) is 8.42 Å². The first-order chi connectivity index (χ1) is 7.51. The van der Waals surface area contributed by atoms with E-state index in [2.05, 4.69) is 14.7 Å². The van der Waals surface area contributed by atoms with Crippen LogP contribution in [0.2, 0.25) is 0 Å². The molecule has 0 radical (unpaired) electrons. The summed E-state index contributed by atoms with van der Waals surface area (Å²) in [5.74, 6) is 0.580. The summed E-state index contributed by atoms with van der Waals surface area (Å²) in [5.41, 5.74) is 0. The number of sulfonamides is 1. The molecule has 1 aromatic heterocycles. The van der Waals surface area contributed by atoms with E-state index in [1.54, 1.807) is 12.4 Å². The minimum Gasteiger partial charge on any atom is -0.395 e. The maximum Gasteiger partial charge on any atom is 0.217 e. The van der Waals surface area contributed by atoms with Gasteiger partial charge in [0, 0.05) is 12.4 Å². The third-order valence-electron chi connectivity index (χ3n) is 2.35. The van der Waals surface area contributed by atoms with Gasteiger partial charge in [-0.05, 0) is 13.3 Å². The molecule has 92 valence electrons. The summed E-state index contributed by atoms with van der Waals surface area (Å²) >= 11 is 0. The zero-order chi connectivity index (χ0) is 12.2. The molecule has 0 bridgehead atoms. The number of nitrogens with one attached hydrogen (secondary N) is 2. The molecule has 2 unspecified atom stereocenters. The van der Waals surface area contributed by atoms with Crippen molar-refractivity contribution in [2.45, 2.75) is 31.6 Å². The molecular formula is C9H17N3O3S. The van der Waals surface area contributed by atoms with Crippen molar-refractivity contribution in [3.63, 3.8) is 0 Å². The summed E-state index contributed by atoms with van der Waals surface area (Å²) in [5, 5.41) is 8.02. The van der Waals surface area contributed by atoms with Gasteiger partial charge in [-0.2, -0.15) is 0 Å². The van der Waals surface area contributed by atoms with Gasteiger partial charge in [-0.1, -0.05) is 6.92 Å². The average Bonchev–Trinajstić information content (AvgIpc) is 2.78. The van der Waals surface area contributed by atoms with Gasteiger partial charge in [0.25, 0.3) is 0 Å². The monoisotopic (exact) mass is 247 g/mol. The summed E-state index contributed by atoms with van der Waals surface area (Å²) in [6.45, 7) is 2.92. The van der Waals surface area contributed by atoms with E-state index >= 15 is 0 Å². The standard InChI is InChI=1S/C9H17N3O3S/c1-3-8(9-10-4-5-11-9)12-16(14,15)7(2)6-13/h4-5,7-8,12-13H,3,6H2,1-2H3,(H,10,11). The fourth-order valence-corrected chi connectivity index (χ4v) is 2.32. The van der Waals surface area contributed by atoms with Gasteiger partial charge in [0.2, 0.25) is 10.0 Å². The number of rotatable bonds is 6. The van der Waals surface area contributed by atoms with Crippen LogP contribution in [0.5, 0.6) is 0 Å². The van der Waals surface area contributed by atoms with Crippen molar-refractivity contribution in [3.05, 3.63) is 18.2 Å². The van der Waals surface area contributed by atoms with Crippen molar-refractivity contribution in [2.24, 2.45) is 0 Å². The third kappa shape index (κ3) is 3.03.